The van der Waals surface area contributed by atoms with Crippen LogP contribution < -0.4 is 15.5 Å². The first kappa shape index (κ1) is 20.3. The Morgan fingerprint density at radius 2 is 1.62 bits per heavy atom. The molecule has 0 radical (unpaired) electrons. The van der Waals surface area contributed by atoms with Gasteiger partial charge < -0.3 is 15.5 Å². The van der Waals surface area contributed by atoms with Crippen molar-refractivity contribution in [1.29, 1.82) is 0 Å². The molecule has 5 nitrogen and oxygen atoms in total. The van der Waals surface area contributed by atoms with Gasteiger partial charge in [0.25, 0.3) is 5.91 Å². The topological polar surface area (TPSA) is 57.3 Å². The summed E-state index contributed by atoms with van der Waals surface area (Å²) in [6.07, 6.45) is 1.46. The number of anilines is 4. The molecule has 0 atom stereocenters. The summed E-state index contributed by atoms with van der Waals surface area (Å²) in [5.41, 5.74) is 2.15. The molecule has 0 bridgehead atoms. The minimum absolute atomic E-state index is 0.0393. The summed E-state index contributed by atoms with van der Waals surface area (Å²) in [5.74, 6) is -2.39. The van der Waals surface area contributed by atoms with E-state index in [1.165, 1.54) is 18.3 Å². The number of para-hydroxylation sites is 1. The van der Waals surface area contributed by atoms with E-state index in [-0.39, 0.29) is 5.69 Å². The van der Waals surface area contributed by atoms with Gasteiger partial charge in [0, 0.05) is 36.3 Å². The molecule has 1 heterocycles. The minimum atomic E-state index is -0.846. The van der Waals surface area contributed by atoms with Gasteiger partial charge in [-0.15, -0.1) is 0 Å². The number of nitrogens with zero attached hydrogens (tertiary/aromatic N) is 2. The number of rotatable bonds is 7. The van der Waals surface area contributed by atoms with Gasteiger partial charge in [0.05, 0.1) is 0 Å². The van der Waals surface area contributed by atoms with Crippen LogP contribution in [0.1, 0.15) is 24.3 Å². The molecule has 150 valence electrons. The van der Waals surface area contributed by atoms with Crippen LogP contribution in [0.15, 0.2) is 60.8 Å². The third kappa shape index (κ3) is 4.87. The monoisotopic (exact) mass is 396 g/mol. The average molecular weight is 396 g/mol. The summed E-state index contributed by atoms with van der Waals surface area (Å²) in [5, 5.41) is 5.44. The van der Waals surface area contributed by atoms with Crippen LogP contribution in [0.5, 0.6) is 0 Å². The van der Waals surface area contributed by atoms with Crippen LogP contribution in [0, 0.1) is 11.6 Å². The smallest absolute Gasteiger partial charge is 0.274 e. The van der Waals surface area contributed by atoms with Crippen molar-refractivity contribution in [2.24, 2.45) is 0 Å². The number of carbonyl (C=O) groups is 1. The molecule has 1 amide bonds. The fourth-order valence-electron chi connectivity index (χ4n) is 2.94. The van der Waals surface area contributed by atoms with Gasteiger partial charge in [-0.2, -0.15) is 0 Å². The van der Waals surface area contributed by atoms with Crippen molar-refractivity contribution < 1.29 is 13.6 Å². The molecule has 3 aromatic rings. The van der Waals surface area contributed by atoms with E-state index < -0.39 is 23.2 Å². The molecule has 0 aliphatic heterocycles. The van der Waals surface area contributed by atoms with E-state index in [0.29, 0.717) is 5.69 Å². The summed E-state index contributed by atoms with van der Waals surface area (Å²) < 4.78 is 27.5. The van der Waals surface area contributed by atoms with E-state index in [4.69, 9.17) is 0 Å². The molecular formula is C22H22F2N4O. The highest BCUT2D eigenvalue weighted by atomic mass is 19.1. The fourth-order valence-corrected chi connectivity index (χ4v) is 2.94. The number of carbonyl (C=O) groups excluding carboxylic acids is 1. The lowest BCUT2D eigenvalue weighted by atomic mass is 10.2. The molecule has 0 unspecified atom stereocenters. The number of halogens is 2. The van der Waals surface area contributed by atoms with Crippen LogP contribution in [0.4, 0.5) is 31.5 Å². The zero-order valence-corrected chi connectivity index (χ0v) is 16.2. The Hall–Kier alpha value is -3.48. The highest BCUT2D eigenvalue weighted by Gasteiger charge is 2.14. The lowest BCUT2D eigenvalue weighted by molar-refractivity contribution is 0.102. The second-order valence-electron chi connectivity index (χ2n) is 6.32. The van der Waals surface area contributed by atoms with Gasteiger partial charge in [-0.1, -0.05) is 6.07 Å². The fraction of sp³-hybridized carbons (Fsp3) is 0.182. The van der Waals surface area contributed by atoms with E-state index in [0.717, 1.165) is 36.6 Å². The molecule has 0 fully saturated rings. The number of aromatic nitrogens is 1. The summed E-state index contributed by atoms with van der Waals surface area (Å²) in [4.78, 5) is 18.6. The van der Waals surface area contributed by atoms with Crippen molar-refractivity contribution in [2.75, 3.05) is 28.6 Å². The summed E-state index contributed by atoms with van der Waals surface area (Å²) >= 11 is 0. The SMILES string of the molecule is CCN(CC)c1ccc(Nc2ccnc(C(=O)Nc3c(F)cccc3F)c2)cc1. The first-order valence-electron chi connectivity index (χ1n) is 9.35. The van der Waals surface area contributed by atoms with Crippen molar-refractivity contribution in [3.05, 3.63) is 78.1 Å². The molecule has 3 rings (SSSR count). The second kappa shape index (κ2) is 9.14. The van der Waals surface area contributed by atoms with Crippen molar-refractivity contribution in [3.63, 3.8) is 0 Å². The third-order valence-electron chi connectivity index (χ3n) is 4.48. The molecule has 2 aromatic carbocycles. The maximum Gasteiger partial charge on any atom is 0.274 e. The number of nitrogens with one attached hydrogen (secondary N) is 2. The Morgan fingerprint density at radius 3 is 2.24 bits per heavy atom. The Morgan fingerprint density at radius 1 is 0.966 bits per heavy atom. The number of hydrogen-bond donors (Lipinski definition) is 2. The molecule has 0 aliphatic carbocycles. The Labute approximate surface area is 168 Å². The molecule has 0 saturated heterocycles. The summed E-state index contributed by atoms with van der Waals surface area (Å²) in [6.45, 7) is 6.06. The number of benzene rings is 2. The predicted octanol–water partition coefficient (Wildman–Crippen LogP) is 5.20. The van der Waals surface area contributed by atoms with Gasteiger partial charge in [-0.3, -0.25) is 9.78 Å². The van der Waals surface area contributed by atoms with Gasteiger partial charge in [-0.25, -0.2) is 8.78 Å². The molecular weight excluding hydrogens is 374 g/mol. The number of pyridine rings is 1. The summed E-state index contributed by atoms with van der Waals surface area (Å²) in [7, 11) is 0. The van der Waals surface area contributed by atoms with Crippen LogP contribution in [0.2, 0.25) is 0 Å². The zero-order chi connectivity index (χ0) is 20.8. The Balaban J connectivity index is 1.73. The normalized spacial score (nSPS) is 10.5. The van der Waals surface area contributed by atoms with Gasteiger partial charge >= 0.3 is 0 Å². The van der Waals surface area contributed by atoms with Crippen molar-refractivity contribution in [3.8, 4) is 0 Å². The van der Waals surface area contributed by atoms with Crippen molar-refractivity contribution >= 4 is 28.7 Å². The summed E-state index contributed by atoms with van der Waals surface area (Å²) in [6, 6.07) is 14.5. The first-order valence-corrected chi connectivity index (χ1v) is 9.35. The van der Waals surface area contributed by atoms with Crippen LogP contribution >= 0.6 is 0 Å². The standard InChI is InChI=1S/C22H22F2N4O/c1-3-28(4-2)17-10-8-15(9-11-17)26-16-12-13-25-20(14-16)22(29)27-21-18(23)6-5-7-19(21)24/h5-14H,3-4H2,1-2H3,(H,25,26)(H,27,29). The van der Waals surface area contributed by atoms with Gasteiger partial charge in [-0.05, 0) is 62.4 Å². The highest BCUT2D eigenvalue weighted by Crippen LogP contribution is 2.22. The van der Waals surface area contributed by atoms with Crippen molar-refractivity contribution in [1.82, 2.24) is 4.98 Å². The number of amides is 1. The first-order chi connectivity index (χ1) is 14.0. The van der Waals surface area contributed by atoms with Crippen LogP contribution in [0.25, 0.3) is 0 Å². The maximum absolute atomic E-state index is 13.7. The van der Waals surface area contributed by atoms with Crippen LogP contribution in [-0.4, -0.2) is 24.0 Å². The third-order valence-corrected chi connectivity index (χ3v) is 4.48. The van der Waals surface area contributed by atoms with E-state index in [2.05, 4.69) is 34.4 Å². The van der Waals surface area contributed by atoms with E-state index >= 15 is 0 Å². The lowest BCUT2D eigenvalue weighted by Gasteiger charge is -2.21. The second-order valence-corrected chi connectivity index (χ2v) is 6.32. The van der Waals surface area contributed by atoms with E-state index in [1.807, 2.05) is 24.3 Å². The Kier molecular flexibility index (Phi) is 6.39. The van der Waals surface area contributed by atoms with Crippen LogP contribution in [0.3, 0.4) is 0 Å². The van der Waals surface area contributed by atoms with E-state index in [1.54, 1.807) is 6.07 Å². The van der Waals surface area contributed by atoms with Crippen molar-refractivity contribution in [2.45, 2.75) is 13.8 Å². The van der Waals surface area contributed by atoms with Gasteiger partial charge in [0.1, 0.15) is 23.0 Å². The predicted molar refractivity (Wildman–Crippen MR) is 112 cm³/mol. The maximum atomic E-state index is 13.7. The molecule has 29 heavy (non-hydrogen) atoms. The molecule has 0 spiro atoms. The molecule has 0 aliphatic rings. The quantitative estimate of drug-likeness (QED) is 0.576. The highest BCUT2D eigenvalue weighted by molar-refractivity contribution is 6.03. The van der Waals surface area contributed by atoms with Crippen LogP contribution in [-0.2, 0) is 0 Å². The van der Waals surface area contributed by atoms with Gasteiger partial charge in [0.2, 0.25) is 0 Å². The molecule has 2 N–H and O–H groups in total. The number of hydrogen-bond acceptors (Lipinski definition) is 4. The minimum Gasteiger partial charge on any atom is -0.372 e. The Bertz CT molecular complexity index is 968. The zero-order valence-electron chi connectivity index (χ0n) is 16.2. The lowest BCUT2D eigenvalue weighted by Crippen LogP contribution is -2.21. The van der Waals surface area contributed by atoms with Gasteiger partial charge in [0.15, 0.2) is 0 Å². The molecule has 1 aromatic heterocycles. The largest absolute Gasteiger partial charge is 0.372 e. The van der Waals surface area contributed by atoms with E-state index in [9.17, 15) is 13.6 Å². The molecule has 0 saturated carbocycles. The average Bonchev–Trinajstić information content (AvgIpc) is 2.73. The molecule has 7 heteroatoms.